The number of cyclic esters (lactones) is 1. The number of carbonyl (C=O) groups is 2. The minimum atomic E-state index is -1.67. The molecule has 7 fully saturated rings. The van der Waals surface area contributed by atoms with Gasteiger partial charge in [-0.3, -0.25) is 4.79 Å². The third-order valence-corrected chi connectivity index (χ3v) is 29.9. The monoisotopic (exact) mass is 1250 g/mol. The predicted molar refractivity (Wildman–Crippen MR) is 369 cm³/mol. The molecule has 2 spiro atoms. The lowest BCUT2D eigenvalue weighted by molar-refractivity contribution is -0.363. The number of hydrogen-bond donors (Lipinski definition) is 3. The molecule has 7 nitrogen and oxygen atoms in total. The van der Waals surface area contributed by atoms with E-state index in [0.717, 1.165) is 82.6 Å². The maximum Gasteiger partial charge on any atom is 0.331 e. The maximum absolute atomic E-state index is 16.1. The largest absolute Gasteiger partial charge is 0.462 e. The number of rotatable bonds is 16. The number of benzene rings is 5. The zero-order chi connectivity index (χ0) is 63.6. The average molecular weight is 1250 g/mol. The number of hydrogen-bond acceptors (Lipinski definition) is 7. The van der Waals surface area contributed by atoms with Gasteiger partial charge in [0.15, 0.2) is 0 Å². The van der Waals surface area contributed by atoms with Crippen LogP contribution in [-0.4, -0.2) is 57.3 Å². The number of esters is 2. The van der Waals surface area contributed by atoms with E-state index in [-0.39, 0.29) is 59.0 Å². The quantitative estimate of drug-likeness (QED) is 0.0666. The van der Waals surface area contributed by atoms with Crippen molar-refractivity contribution >= 4 is 22.7 Å². The van der Waals surface area contributed by atoms with Crippen LogP contribution in [0.25, 0.3) is 10.8 Å². The van der Waals surface area contributed by atoms with Gasteiger partial charge in [-0.25, -0.2) is 4.79 Å². The number of ether oxygens (including phenoxy) is 2. The van der Waals surface area contributed by atoms with Crippen LogP contribution in [0.3, 0.4) is 0 Å². The highest BCUT2D eigenvalue weighted by molar-refractivity contribution is 5.93. The fourth-order valence-electron chi connectivity index (χ4n) is 25.7. The van der Waals surface area contributed by atoms with Gasteiger partial charge >= 0.3 is 11.9 Å². The van der Waals surface area contributed by atoms with Crippen molar-refractivity contribution < 1.29 is 34.4 Å². The standard InChI is InChI=1S/C86H106O7/c1-57(21-18-24-58-22-8-4-9-23-58)36-47-84(90)50-49-79(2)55-71(93-78(89)61-26-19-31-66(52-61)81(41-15-7-16-42-81)63-27-10-5-11-28-63)77-80(3,44-40-72(87)86(77,84)85(79,91)48-37-59-51-73(88)92-56-59)65-39-46-82-45-38-62-54-83(64-29-12-6-13-30-64)43-17-14-33-69(83)68-35-34-60-25-20-32-67(70(82)53-65)74(60)75(68)76(62)82/h4-6,8-13,20,22-23,25,27-30,32,34-35,49-51,57,61-62,65-66,69-72,76-77,87,90-91H,7,14-19,21,24,26,31,33,36-48,52-56H2,1-3H3/t57-,61-,62+,65-,66-,69+,70-,71-,72+,76+,77+,79+,80+,82-,83-,84+,85-,86+/m1/s1. The molecule has 10 aliphatic carbocycles. The fraction of sp³-hybridized carbons (Fsp3) is 0.605. The molecule has 93 heavy (non-hydrogen) atoms. The predicted octanol–water partition coefficient (Wildman–Crippen LogP) is 18.7. The molecule has 3 N–H and O–H groups in total. The third-order valence-electron chi connectivity index (χ3n) is 29.9. The van der Waals surface area contributed by atoms with Crippen molar-refractivity contribution in [1.29, 1.82) is 0 Å². The normalized spacial score (nSPS) is 39.8. The first-order chi connectivity index (χ1) is 45.1. The molecule has 18 atom stereocenters. The lowest BCUT2D eigenvalue weighted by atomic mass is 9.31. The molecule has 5 aromatic carbocycles. The summed E-state index contributed by atoms with van der Waals surface area (Å²) in [7, 11) is 0. The second kappa shape index (κ2) is 23.7. The molecule has 0 unspecified atom stereocenters. The first kappa shape index (κ1) is 62.5. The Balaban J connectivity index is 0.812. The Morgan fingerprint density at radius 1 is 0.645 bits per heavy atom. The van der Waals surface area contributed by atoms with Crippen LogP contribution in [0, 0.1) is 57.2 Å². The third kappa shape index (κ3) is 9.58. The molecule has 7 saturated carbocycles. The Labute approximate surface area is 555 Å². The van der Waals surface area contributed by atoms with Crippen molar-refractivity contribution in [3.05, 3.63) is 179 Å². The number of fused-ring (bicyclic) bond motifs is 4. The van der Waals surface area contributed by atoms with E-state index in [1.807, 2.05) is 0 Å². The molecular formula is C86H106O7. The molecule has 0 saturated heterocycles. The van der Waals surface area contributed by atoms with Crippen LogP contribution in [0.2, 0.25) is 0 Å². The van der Waals surface area contributed by atoms with Gasteiger partial charge in [0.25, 0.3) is 0 Å². The van der Waals surface area contributed by atoms with Crippen LogP contribution < -0.4 is 0 Å². The second-order valence-electron chi connectivity index (χ2n) is 33.8. The average Bonchev–Trinajstić information content (AvgIpc) is 0.703. The number of carbonyl (C=O) groups excluding carboxylic acids is 2. The molecule has 1 heterocycles. The lowest BCUT2D eigenvalue weighted by Gasteiger charge is -2.76. The van der Waals surface area contributed by atoms with Crippen LogP contribution in [-0.2, 0) is 36.3 Å². The van der Waals surface area contributed by atoms with E-state index in [4.69, 9.17) is 9.47 Å². The summed E-state index contributed by atoms with van der Waals surface area (Å²) in [5, 5.41) is 46.8. The van der Waals surface area contributed by atoms with Gasteiger partial charge in [-0.2, -0.15) is 0 Å². The number of aliphatic hydroxyl groups excluding tert-OH is 1. The van der Waals surface area contributed by atoms with Gasteiger partial charge in [-0.05, 0) is 249 Å². The summed E-state index contributed by atoms with van der Waals surface area (Å²) in [6.07, 6.45) is 31.7. The van der Waals surface area contributed by atoms with Gasteiger partial charge in [0.2, 0.25) is 0 Å². The Kier molecular flexibility index (Phi) is 15.9. The Bertz CT molecular complexity index is 3660. The molecule has 0 aromatic heterocycles. The van der Waals surface area contributed by atoms with Gasteiger partial charge in [0, 0.05) is 22.8 Å². The van der Waals surface area contributed by atoms with E-state index in [2.05, 4.69) is 154 Å². The van der Waals surface area contributed by atoms with Gasteiger partial charge in [-0.1, -0.05) is 199 Å². The van der Waals surface area contributed by atoms with E-state index in [1.54, 1.807) is 28.2 Å². The SMILES string of the molecule is C[C@H](CCCc1ccccc1)CC[C@]1(O)C=C[C@@]2(C)C[C@@H](OC(=O)[C@@H]3CCC[C@@H](C4(c5ccccc5)CCCCC4)C3)[C@H]3[C@](C)([C@@H]4CC[C@@]56CC[C@H]7C[C@@]8(c9ccccc9)CCCC[C@H]8c8ccc9cccc(c9c8[C@H]75)[C@H]6C4)CC[C@H](O)[C@]31[C@@]2(O)CCC1=CC(=O)OC1. The van der Waals surface area contributed by atoms with E-state index >= 15 is 9.90 Å². The van der Waals surface area contributed by atoms with Crippen molar-refractivity contribution in [3.63, 3.8) is 0 Å². The van der Waals surface area contributed by atoms with Gasteiger partial charge in [0.1, 0.15) is 12.7 Å². The highest BCUT2D eigenvalue weighted by Gasteiger charge is 2.82. The van der Waals surface area contributed by atoms with Crippen molar-refractivity contribution in [1.82, 2.24) is 0 Å². The summed E-state index contributed by atoms with van der Waals surface area (Å²) in [6.45, 7) is 7.14. The Hall–Kier alpha value is -5.34. The van der Waals surface area contributed by atoms with E-state index < -0.39 is 45.6 Å². The Morgan fingerprint density at radius 3 is 2.14 bits per heavy atom. The second-order valence-corrected chi connectivity index (χ2v) is 33.8. The first-order valence-electron chi connectivity index (χ1n) is 37.7. The van der Waals surface area contributed by atoms with Crippen LogP contribution in [0.4, 0.5) is 0 Å². The van der Waals surface area contributed by atoms with Crippen LogP contribution in [0.1, 0.15) is 252 Å². The highest BCUT2D eigenvalue weighted by atomic mass is 16.5. The highest BCUT2D eigenvalue weighted by Crippen LogP contribution is 2.79. The summed E-state index contributed by atoms with van der Waals surface area (Å²) >= 11 is 0. The molecule has 492 valence electrons. The molecule has 2 bridgehead atoms. The molecule has 7 heteroatoms. The minimum absolute atomic E-state index is 0.0340. The lowest BCUT2D eigenvalue weighted by Crippen LogP contribution is -2.83. The van der Waals surface area contributed by atoms with Gasteiger partial charge in [0.05, 0.1) is 28.6 Å². The number of aryl methyl sites for hydroxylation is 1. The topological polar surface area (TPSA) is 113 Å². The maximum atomic E-state index is 16.1. The van der Waals surface area contributed by atoms with E-state index in [9.17, 15) is 15.0 Å². The molecule has 0 radical (unpaired) electrons. The van der Waals surface area contributed by atoms with E-state index in [1.165, 1.54) is 86.3 Å². The summed E-state index contributed by atoms with van der Waals surface area (Å²) < 4.78 is 13.2. The molecule has 5 aromatic rings. The molecular weight excluding hydrogens is 1140 g/mol. The Morgan fingerprint density at radius 2 is 1.38 bits per heavy atom. The van der Waals surface area contributed by atoms with Crippen molar-refractivity contribution in [2.45, 2.75) is 259 Å². The van der Waals surface area contributed by atoms with Gasteiger partial charge in [-0.15, -0.1) is 0 Å². The molecule has 0 amide bonds. The zero-order valence-corrected chi connectivity index (χ0v) is 56.3. The fourth-order valence-corrected chi connectivity index (χ4v) is 25.7. The summed E-state index contributed by atoms with van der Waals surface area (Å²) in [6, 6.07) is 46.1. The van der Waals surface area contributed by atoms with Crippen LogP contribution in [0.5, 0.6) is 0 Å². The van der Waals surface area contributed by atoms with E-state index in [0.29, 0.717) is 68.1 Å². The van der Waals surface area contributed by atoms with Crippen LogP contribution in [0.15, 0.2) is 145 Å². The zero-order valence-electron chi connectivity index (χ0n) is 56.3. The van der Waals surface area contributed by atoms with Crippen molar-refractivity contribution in [2.75, 3.05) is 6.61 Å². The van der Waals surface area contributed by atoms with Crippen molar-refractivity contribution in [3.8, 4) is 0 Å². The minimum Gasteiger partial charge on any atom is -0.462 e. The smallest absolute Gasteiger partial charge is 0.331 e. The van der Waals surface area contributed by atoms with Gasteiger partial charge < -0.3 is 24.8 Å². The van der Waals surface area contributed by atoms with Crippen molar-refractivity contribution in [2.24, 2.45) is 57.2 Å². The first-order valence-corrected chi connectivity index (χ1v) is 37.7. The molecule has 16 rings (SSSR count). The summed E-state index contributed by atoms with van der Waals surface area (Å²) in [5.74, 6) is 1.29. The van der Waals surface area contributed by atoms with Crippen LogP contribution >= 0.6 is 0 Å². The molecule has 1 aliphatic heterocycles. The number of aliphatic hydroxyl groups is 3. The molecule has 11 aliphatic rings. The summed E-state index contributed by atoms with van der Waals surface area (Å²) in [5.41, 5.74) is 3.80. The summed E-state index contributed by atoms with van der Waals surface area (Å²) in [4.78, 5) is 29.0.